The van der Waals surface area contributed by atoms with Crippen molar-refractivity contribution in [3.8, 4) is 5.75 Å². The van der Waals surface area contributed by atoms with E-state index in [1.54, 1.807) is 12.1 Å². The number of hydrogen-bond acceptors (Lipinski definition) is 4. The fourth-order valence-corrected chi connectivity index (χ4v) is 3.78. The van der Waals surface area contributed by atoms with E-state index in [1.807, 2.05) is 36.4 Å². The van der Waals surface area contributed by atoms with Gasteiger partial charge in [0.05, 0.1) is 23.4 Å². The van der Waals surface area contributed by atoms with Crippen molar-refractivity contribution in [3.05, 3.63) is 70.7 Å². The molecule has 0 fully saturated rings. The molecule has 32 heavy (non-hydrogen) atoms. The summed E-state index contributed by atoms with van der Waals surface area (Å²) in [5, 5.41) is 7.82. The number of fused-ring (bicyclic) bond motifs is 1. The van der Waals surface area contributed by atoms with Crippen LogP contribution in [-0.2, 0) is 0 Å². The molecule has 0 atom stereocenters. The third kappa shape index (κ3) is 5.39. The molecule has 0 unspecified atom stereocenters. The summed E-state index contributed by atoms with van der Waals surface area (Å²) in [5.74, 6) is -0.229. The summed E-state index contributed by atoms with van der Waals surface area (Å²) in [7, 11) is 1.48. The normalized spacial score (nSPS) is 10.9. The highest BCUT2D eigenvalue weighted by Crippen LogP contribution is 2.32. The van der Waals surface area contributed by atoms with Gasteiger partial charge in [-0.05, 0) is 36.0 Å². The average molecular weight is 454 g/mol. The Hall–Kier alpha value is -3.09. The van der Waals surface area contributed by atoms with Crippen LogP contribution in [0.5, 0.6) is 5.75 Å². The molecule has 2 amide bonds. The zero-order valence-electron chi connectivity index (χ0n) is 18.6. The lowest BCUT2D eigenvalue weighted by Gasteiger charge is -2.18. The molecule has 0 aromatic heterocycles. The molecular formula is C25H28ClN3O3. The summed E-state index contributed by atoms with van der Waals surface area (Å²) in [6, 6.07) is 16.3. The summed E-state index contributed by atoms with van der Waals surface area (Å²) < 4.78 is 5.41. The van der Waals surface area contributed by atoms with Crippen LogP contribution in [0.25, 0.3) is 10.8 Å². The minimum atomic E-state index is -0.290. The van der Waals surface area contributed by atoms with Crippen molar-refractivity contribution in [2.75, 3.05) is 38.6 Å². The third-order valence-electron chi connectivity index (χ3n) is 5.42. The zero-order valence-corrected chi connectivity index (χ0v) is 19.3. The van der Waals surface area contributed by atoms with E-state index in [1.165, 1.54) is 13.2 Å². The summed E-state index contributed by atoms with van der Waals surface area (Å²) in [5.41, 5.74) is 1.23. The predicted molar refractivity (Wildman–Crippen MR) is 130 cm³/mol. The van der Waals surface area contributed by atoms with Crippen LogP contribution < -0.4 is 15.4 Å². The Morgan fingerprint density at radius 3 is 2.41 bits per heavy atom. The van der Waals surface area contributed by atoms with Crippen LogP contribution in [0.3, 0.4) is 0 Å². The zero-order chi connectivity index (χ0) is 23.1. The largest absolute Gasteiger partial charge is 0.496 e. The van der Waals surface area contributed by atoms with E-state index in [0.29, 0.717) is 29.1 Å². The van der Waals surface area contributed by atoms with Gasteiger partial charge >= 0.3 is 0 Å². The molecule has 0 heterocycles. The quantitative estimate of drug-likeness (QED) is 0.487. The lowest BCUT2D eigenvalue weighted by Crippen LogP contribution is -2.34. The second-order valence-corrected chi connectivity index (χ2v) is 7.70. The van der Waals surface area contributed by atoms with Crippen LogP contribution in [0.4, 0.5) is 5.69 Å². The number of hydrogen-bond donors (Lipinski definition) is 2. The number of anilines is 1. The van der Waals surface area contributed by atoms with Gasteiger partial charge in [0, 0.05) is 24.7 Å². The van der Waals surface area contributed by atoms with Crippen LogP contribution in [0.2, 0.25) is 5.02 Å². The minimum Gasteiger partial charge on any atom is -0.496 e. The smallest absolute Gasteiger partial charge is 0.256 e. The predicted octanol–water partition coefficient (Wildman–Crippen LogP) is 4.83. The van der Waals surface area contributed by atoms with Crippen LogP contribution in [-0.4, -0.2) is 50.0 Å². The van der Waals surface area contributed by atoms with E-state index >= 15 is 0 Å². The third-order valence-corrected chi connectivity index (χ3v) is 5.74. The first-order valence-electron chi connectivity index (χ1n) is 10.7. The van der Waals surface area contributed by atoms with Crippen LogP contribution in [0, 0.1) is 0 Å². The van der Waals surface area contributed by atoms with E-state index in [2.05, 4.69) is 29.4 Å². The van der Waals surface area contributed by atoms with Crippen LogP contribution in [0.1, 0.15) is 34.6 Å². The number of ether oxygens (including phenoxy) is 1. The molecule has 0 aliphatic carbocycles. The van der Waals surface area contributed by atoms with Crippen molar-refractivity contribution in [1.82, 2.24) is 10.2 Å². The topological polar surface area (TPSA) is 70.7 Å². The first-order valence-corrected chi connectivity index (χ1v) is 11.0. The molecule has 3 aromatic carbocycles. The van der Waals surface area contributed by atoms with E-state index in [0.717, 1.165) is 30.4 Å². The summed E-state index contributed by atoms with van der Waals surface area (Å²) >= 11 is 6.42. The fraction of sp³-hybridized carbons (Fsp3) is 0.280. The number of benzene rings is 3. The SMILES string of the molecule is CCN(CC)CCNC(=O)c1cc(Cl)c(NC(=O)c2cccc3ccccc23)cc1OC. The van der Waals surface area contributed by atoms with Crippen LogP contribution >= 0.6 is 11.6 Å². The number of nitrogens with zero attached hydrogens (tertiary/aromatic N) is 1. The van der Waals surface area contributed by atoms with Crippen LogP contribution in [0.15, 0.2) is 54.6 Å². The van der Waals surface area contributed by atoms with Crippen molar-refractivity contribution < 1.29 is 14.3 Å². The van der Waals surface area contributed by atoms with Crippen molar-refractivity contribution in [3.63, 3.8) is 0 Å². The molecule has 0 spiro atoms. The number of likely N-dealkylation sites (N-methyl/N-ethyl adjacent to an activating group) is 1. The molecule has 168 valence electrons. The Kier molecular flexibility index (Phi) is 8.09. The monoisotopic (exact) mass is 453 g/mol. The Morgan fingerprint density at radius 2 is 1.69 bits per heavy atom. The minimum absolute atomic E-state index is 0.258. The second kappa shape index (κ2) is 11.0. The number of methoxy groups -OCH3 is 1. The number of rotatable bonds is 9. The fourth-order valence-electron chi connectivity index (χ4n) is 3.57. The van der Waals surface area contributed by atoms with Crippen molar-refractivity contribution in [2.24, 2.45) is 0 Å². The molecule has 3 aromatic rings. The number of carbonyl (C=O) groups is 2. The number of halogens is 1. The molecule has 0 saturated heterocycles. The Bertz CT molecular complexity index is 1110. The van der Waals surface area contributed by atoms with Crippen molar-refractivity contribution in [2.45, 2.75) is 13.8 Å². The molecule has 0 aliphatic rings. The molecule has 2 N–H and O–H groups in total. The van der Waals surface area contributed by atoms with Gasteiger partial charge in [-0.1, -0.05) is 61.8 Å². The van der Waals surface area contributed by atoms with E-state index in [4.69, 9.17) is 16.3 Å². The molecule has 3 rings (SSSR count). The average Bonchev–Trinajstić information content (AvgIpc) is 2.82. The van der Waals surface area contributed by atoms with E-state index < -0.39 is 0 Å². The highest BCUT2D eigenvalue weighted by atomic mass is 35.5. The molecule has 0 saturated carbocycles. The first-order chi connectivity index (χ1) is 15.5. The van der Waals surface area contributed by atoms with Gasteiger partial charge in [-0.25, -0.2) is 0 Å². The second-order valence-electron chi connectivity index (χ2n) is 7.30. The van der Waals surface area contributed by atoms with Gasteiger partial charge in [-0.2, -0.15) is 0 Å². The molecule has 0 radical (unpaired) electrons. The van der Waals surface area contributed by atoms with Gasteiger partial charge in [0.2, 0.25) is 0 Å². The summed E-state index contributed by atoms with van der Waals surface area (Å²) in [6.45, 7) is 7.28. The van der Waals surface area contributed by atoms with Gasteiger partial charge in [0.25, 0.3) is 11.8 Å². The molecule has 0 aliphatic heterocycles. The lowest BCUT2D eigenvalue weighted by molar-refractivity contribution is 0.0945. The Morgan fingerprint density at radius 1 is 0.969 bits per heavy atom. The number of carbonyl (C=O) groups excluding carboxylic acids is 2. The molecule has 6 nitrogen and oxygen atoms in total. The van der Waals surface area contributed by atoms with E-state index in [9.17, 15) is 9.59 Å². The highest BCUT2D eigenvalue weighted by molar-refractivity contribution is 6.34. The maximum absolute atomic E-state index is 13.0. The summed E-state index contributed by atoms with van der Waals surface area (Å²) in [4.78, 5) is 27.9. The Balaban J connectivity index is 1.78. The van der Waals surface area contributed by atoms with Gasteiger partial charge in [0.15, 0.2) is 0 Å². The molecule has 0 bridgehead atoms. The highest BCUT2D eigenvalue weighted by Gasteiger charge is 2.18. The standard InChI is InChI=1S/C25H28ClN3O3/c1-4-29(5-2)14-13-27-24(30)20-15-21(26)22(16-23(20)32-3)28-25(31)19-12-8-10-17-9-6-7-11-18(17)19/h6-12,15-16H,4-5,13-14H2,1-3H3,(H,27,30)(H,28,31). The van der Waals surface area contributed by atoms with Gasteiger partial charge < -0.3 is 20.3 Å². The van der Waals surface area contributed by atoms with Gasteiger partial charge in [-0.15, -0.1) is 0 Å². The van der Waals surface area contributed by atoms with Gasteiger partial charge in [0.1, 0.15) is 5.75 Å². The first kappa shape index (κ1) is 23.6. The summed E-state index contributed by atoms with van der Waals surface area (Å²) in [6.07, 6.45) is 0. The molecular weight excluding hydrogens is 426 g/mol. The number of amides is 2. The van der Waals surface area contributed by atoms with Crippen molar-refractivity contribution >= 4 is 39.9 Å². The van der Waals surface area contributed by atoms with E-state index in [-0.39, 0.29) is 16.8 Å². The Labute approximate surface area is 193 Å². The van der Waals surface area contributed by atoms with Gasteiger partial charge in [-0.3, -0.25) is 9.59 Å². The maximum Gasteiger partial charge on any atom is 0.256 e. The lowest BCUT2D eigenvalue weighted by atomic mass is 10.0. The van der Waals surface area contributed by atoms with Crippen molar-refractivity contribution in [1.29, 1.82) is 0 Å². The number of nitrogens with one attached hydrogen (secondary N) is 2. The maximum atomic E-state index is 13.0. The molecule has 7 heteroatoms.